The van der Waals surface area contributed by atoms with E-state index < -0.39 is 0 Å². The number of hydrogen-bond acceptors (Lipinski definition) is 3. The summed E-state index contributed by atoms with van der Waals surface area (Å²) in [5.41, 5.74) is 1.79. The Morgan fingerprint density at radius 3 is 2.50 bits per heavy atom. The van der Waals surface area contributed by atoms with Crippen LogP contribution < -0.4 is 5.32 Å². The van der Waals surface area contributed by atoms with Crippen LogP contribution >= 0.6 is 0 Å². The van der Waals surface area contributed by atoms with Crippen molar-refractivity contribution < 1.29 is 9.59 Å². The number of rotatable bonds is 6. The molecular weight excluding hydrogens is 278 g/mol. The Hall–Kier alpha value is -2.43. The Morgan fingerprint density at radius 1 is 1.23 bits per heavy atom. The molecule has 1 aromatic carbocycles. The summed E-state index contributed by atoms with van der Waals surface area (Å²) in [6.07, 6.45) is 0.438. The Morgan fingerprint density at radius 2 is 1.91 bits per heavy atom. The molecule has 22 heavy (non-hydrogen) atoms. The summed E-state index contributed by atoms with van der Waals surface area (Å²) >= 11 is 0. The number of aromatic nitrogens is 2. The van der Waals surface area contributed by atoms with E-state index in [2.05, 4.69) is 10.4 Å². The van der Waals surface area contributed by atoms with Crippen molar-refractivity contribution in [2.45, 2.75) is 26.8 Å². The zero-order valence-corrected chi connectivity index (χ0v) is 13.2. The van der Waals surface area contributed by atoms with E-state index in [4.69, 9.17) is 0 Å². The summed E-state index contributed by atoms with van der Waals surface area (Å²) in [6, 6.07) is 11.3. The fourth-order valence-corrected chi connectivity index (χ4v) is 2.23. The summed E-state index contributed by atoms with van der Waals surface area (Å²) in [4.78, 5) is 24.2. The molecule has 0 spiro atoms. The maximum atomic E-state index is 12.4. The number of ketones is 1. The third-order valence-electron chi connectivity index (χ3n) is 3.29. The lowest BCUT2D eigenvalue weighted by Crippen LogP contribution is -2.18. The average molecular weight is 299 g/mol. The van der Waals surface area contributed by atoms with Crippen molar-refractivity contribution in [2.75, 3.05) is 7.05 Å². The van der Waals surface area contributed by atoms with Gasteiger partial charge in [-0.2, -0.15) is 5.10 Å². The average Bonchev–Trinajstić information content (AvgIpc) is 2.91. The van der Waals surface area contributed by atoms with Crippen LogP contribution in [0.3, 0.4) is 0 Å². The van der Waals surface area contributed by atoms with Gasteiger partial charge in [0, 0.05) is 19.5 Å². The second-order valence-corrected chi connectivity index (χ2v) is 5.66. The molecule has 2 aromatic rings. The van der Waals surface area contributed by atoms with Gasteiger partial charge in [0.05, 0.1) is 6.54 Å². The van der Waals surface area contributed by atoms with Gasteiger partial charge in [-0.15, -0.1) is 0 Å². The van der Waals surface area contributed by atoms with Crippen molar-refractivity contribution in [3.8, 4) is 0 Å². The molecule has 0 radical (unpaired) electrons. The van der Waals surface area contributed by atoms with E-state index in [1.807, 2.05) is 44.2 Å². The van der Waals surface area contributed by atoms with Gasteiger partial charge in [-0.1, -0.05) is 44.2 Å². The topological polar surface area (TPSA) is 64.0 Å². The molecule has 0 unspecified atom stereocenters. The first-order chi connectivity index (χ1) is 10.5. The standard InChI is InChI=1S/C17H21N3O2/c1-12(2)9-16(21)15-10-14(17(22)18-3)19-20(15)11-13-7-5-4-6-8-13/h4-8,10,12H,9,11H2,1-3H3,(H,18,22). The zero-order chi connectivity index (χ0) is 16.1. The quantitative estimate of drug-likeness (QED) is 0.834. The van der Waals surface area contributed by atoms with Gasteiger partial charge in [0.25, 0.3) is 5.91 Å². The molecule has 116 valence electrons. The SMILES string of the molecule is CNC(=O)c1cc(C(=O)CC(C)C)n(Cc2ccccc2)n1. The molecule has 1 amide bonds. The Kier molecular flexibility index (Phi) is 5.09. The summed E-state index contributed by atoms with van der Waals surface area (Å²) in [5.74, 6) is -0.0185. The van der Waals surface area contributed by atoms with Gasteiger partial charge in [-0.25, -0.2) is 0 Å². The van der Waals surface area contributed by atoms with Crippen LogP contribution in [0.4, 0.5) is 0 Å². The maximum absolute atomic E-state index is 12.4. The second-order valence-electron chi connectivity index (χ2n) is 5.66. The molecule has 2 rings (SSSR count). The smallest absolute Gasteiger partial charge is 0.271 e. The van der Waals surface area contributed by atoms with Crippen LogP contribution in [0.25, 0.3) is 0 Å². The molecule has 0 aliphatic heterocycles. The van der Waals surface area contributed by atoms with Crippen molar-refractivity contribution in [1.29, 1.82) is 0 Å². The first kappa shape index (κ1) is 15.9. The van der Waals surface area contributed by atoms with Crippen LogP contribution in [0.15, 0.2) is 36.4 Å². The molecule has 0 saturated carbocycles. The molecule has 0 aliphatic rings. The van der Waals surface area contributed by atoms with Crippen LogP contribution in [-0.4, -0.2) is 28.5 Å². The van der Waals surface area contributed by atoms with Crippen LogP contribution in [0, 0.1) is 5.92 Å². The molecule has 0 bridgehead atoms. The van der Waals surface area contributed by atoms with E-state index >= 15 is 0 Å². The first-order valence-corrected chi connectivity index (χ1v) is 7.38. The number of carbonyl (C=O) groups is 2. The molecular formula is C17H21N3O2. The van der Waals surface area contributed by atoms with Gasteiger partial charge >= 0.3 is 0 Å². The van der Waals surface area contributed by atoms with E-state index in [0.29, 0.717) is 18.7 Å². The van der Waals surface area contributed by atoms with E-state index in [-0.39, 0.29) is 23.3 Å². The summed E-state index contributed by atoms with van der Waals surface area (Å²) in [7, 11) is 1.55. The Bertz CT molecular complexity index is 660. The van der Waals surface area contributed by atoms with Gasteiger partial charge in [0.15, 0.2) is 11.5 Å². The number of hydrogen-bond donors (Lipinski definition) is 1. The molecule has 0 saturated heterocycles. The van der Waals surface area contributed by atoms with Crippen molar-refractivity contribution in [2.24, 2.45) is 5.92 Å². The van der Waals surface area contributed by atoms with Crippen molar-refractivity contribution in [3.05, 3.63) is 53.3 Å². The van der Waals surface area contributed by atoms with Gasteiger partial charge in [0.2, 0.25) is 0 Å². The van der Waals surface area contributed by atoms with E-state index in [0.717, 1.165) is 5.56 Å². The highest BCUT2D eigenvalue weighted by atomic mass is 16.2. The highest BCUT2D eigenvalue weighted by Gasteiger charge is 2.19. The number of amides is 1. The monoisotopic (exact) mass is 299 g/mol. The number of nitrogens with zero attached hydrogens (tertiary/aromatic N) is 2. The fraction of sp³-hybridized carbons (Fsp3) is 0.353. The van der Waals surface area contributed by atoms with Gasteiger partial charge in [-0.05, 0) is 11.5 Å². The van der Waals surface area contributed by atoms with Crippen LogP contribution in [0.5, 0.6) is 0 Å². The van der Waals surface area contributed by atoms with E-state index in [9.17, 15) is 9.59 Å². The molecule has 0 fully saturated rings. The van der Waals surface area contributed by atoms with Crippen LogP contribution in [-0.2, 0) is 6.54 Å². The van der Waals surface area contributed by atoms with E-state index in [1.165, 1.54) is 0 Å². The summed E-state index contributed by atoms with van der Waals surface area (Å²) < 4.78 is 1.62. The minimum absolute atomic E-state index is 0.00795. The number of benzene rings is 1. The highest BCUT2D eigenvalue weighted by molar-refractivity contribution is 5.98. The third-order valence-corrected chi connectivity index (χ3v) is 3.29. The minimum atomic E-state index is -0.287. The third kappa shape index (κ3) is 3.81. The Balaban J connectivity index is 2.35. The number of carbonyl (C=O) groups excluding carboxylic acids is 2. The highest BCUT2D eigenvalue weighted by Crippen LogP contribution is 2.14. The lowest BCUT2D eigenvalue weighted by molar-refractivity contribution is 0.0949. The molecule has 5 nitrogen and oxygen atoms in total. The normalized spacial score (nSPS) is 10.7. The molecule has 1 aromatic heterocycles. The van der Waals surface area contributed by atoms with Gasteiger partial charge in [-0.3, -0.25) is 14.3 Å². The zero-order valence-electron chi connectivity index (χ0n) is 13.2. The molecule has 1 N–H and O–H groups in total. The number of nitrogens with one attached hydrogen (secondary N) is 1. The lowest BCUT2D eigenvalue weighted by atomic mass is 10.0. The van der Waals surface area contributed by atoms with Gasteiger partial charge in [0.1, 0.15) is 5.69 Å². The van der Waals surface area contributed by atoms with Crippen molar-refractivity contribution >= 4 is 11.7 Å². The second kappa shape index (κ2) is 7.02. The van der Waals surface area contributed by atoms with Crippen molar-refractivity contribution in [1.82, 2.24) is 15.1 Å². The first-order valence-electron chi connectivity index (χ1n) is 7.38. The summed E-state index contributed by atoms with van der Waals surface area (Å²) in [6.45, 7) is 4.46. The molecule has 0 aliphatic carbocycles. The fourth-order valence-electron chi connectivity index (χ4n) is 2.23. The van der Waals surface area contributed by atoms with Crippen molar-refractivity contribution in [3.63, 3.8) is 0 Å². The molecule has 1 heterocycles. The predicted molar refractivity (Wildman–Crippen MR) is 84.9 cm³/mol. The Labute approximate surface area is 130 Å². The van der Waals surface area contributed by atoms with Gasteiger partial charge < -0.3 is 5.32 Å². The molecule has 5 heteroatoms. The number of Topliss-reactive ketones (excluding diaryl/α,β-unsaturated/α-hetero) is 1. The largest absolute Gasteiger partial charge is 0.354 e. The maximum Gasteiger partial charge on any atom is 0.271 e. The predicted octanol–water partition coefficient (Wildman–Crippen LogP) is 2.52. The van der Waals surface area contributed by atoms with E-state index in [1.54, 1.807) is 17.8 Å². The lowest BCUT2D eigenvalue weighted by Gasteiger charge is -2.08. The minimum Gasteiger partial charge on any atom is -0.354 e. The summed E-state index contributed by atoms with van der Waals surface area (Å²) in [5, 5.41) is 6.83. The molecule has 0 atom stereocenters. The van der Waals surface area contributed by atoms with Crippen LogP contribution in [0.1, 0.15) is 46.8 Å². The van der Waals surface area contributed by atoms with Crippen LogP contribution in [0.2, 0.25) is 0 Å².